The number of likely N-dealkylation sites (N-methyl/N-ethyl adjacent to an activating group) is 1. The first-order valence-electron chi connectivity index (χ1n) is 6.60. The highest BCUT2D eigenvalue weighted by molar-refractivity contribution is 7.80. The van der Waals surface area contributed by atoms with Gasteiger partial charge in [0.1, 0.15) is 0 Å². The van der Waals surface area contributed by atoms with Gasteiger partial charge >= 0.3 is 0 Å². The molecule has 0 spiro atoms. The third-order valence-electron chi connectivity index (χ3n) is 3.37. The first kappa shape index (κ1) is 13.5. The molecule has 1 aromatic carbocycles. The van der Waals surface area contributed by atoms with Crippen molar-refractivity contribution in [3.8, 4) is 0 Å². The molecule has 0 amide bonds. The van der Waals surface area contributed by atoms with Crippen LogP contribution in [-0.4, -0.2) is 43.9 Å². The minimum absolute atomic E-state index is 0.913. The van der Waals surface area contributed by atoms with Gasteiger partial charge in [0.2, 0.25) is 0 Å². The fraction of sp³-hybridized carbons (Fsp3) is 0.467. The van der Waals surface area contributed by atoms with Gasteiger partial charge in [-0.05, 0) is 36.9 Å². The van der Waals surface area contributed by atoms with Crippen molar-refractivity contribution >= 4 is 24.4 Å². The van der Waals surface area contributed by atoms with E-state index in [0.717, 1.165) is 38.4 Å². The van der Waals surface area contributed by atoms with Crippen molar-refractivity contribution in [3.63, 3.8) is 0 Å². The molecule has 18 heavy (non-hydrogen) atoms. The molecule has 0 aliphatic carbocycles. The molecule has 1 aliphatic heterocycles. The van der Waals surface area contributed by atoms with Crippen LogP contribution in [-0.2, 0) is 0 Å². The number of rotatable bonds is 4. The van der Waals surface area contributed by atoms with E-state index in [1.54, 1.807) is 0 Å². The normalized spacial score (nSPS) is 17.6. The van der Waals surface area contributed by atoms with Crippen molar-refractivity contribution in [1.82, 2.24) is 4.90 Å². The molecular weight excluding hydrogens is 240 g/mol. The maximum atomic E-state index is 4.20. The SMILES string of the molecule is CN1CCN(c2ccc(C=CCCS)cc2)CC1. The number of piperazine rings is 1. The van der Waals surface area contributed by atoms with Gasteiger partial charge in [-0.1, -0.05) is 24.3 Å². The quantitative estimate of drug-likeness (QED) is 0.834. The molecule has 0 radical (unpaired) electrons. The predicted molar refractivity (Wildman–Crippen MR) is 83.7 cm³/mol. The zero-order chi connectivity index (χ0) is 12.8. The van der Waals surface area contributed by atoms with E-state index >= 15 is 0 Å². The van der Waals surface area contributed by atoms with Gasteiger partial charge in [-0.3, -0.25) is 0 Å². The summed E-state index contributed by atoms with van der Waals surface area (Å²) in [6, 6.07) is 8.85. The molecule has 2 nitrogen and oxygen atoms in total. The number of hydrogen-bond acceptors (Lipinski definition) is 3. The van der Waals surface area contributed by atoms with Gasteiger partial charge in [0, 0.05) is 31.9 Å². The summed E-state index contributed by atoms with van der Waals surface area (Å²) in [5.74, 6) is 0.913. The second-order valence-electron chi connectivity index (χ2n) is 4.80. The van der Waals surface area contributed by atoms with Gasteiger partial charge in [0.25, 0.3) is 0 Å². The largest absolute Gasteiger partial charge is 0.369 e. The van der Waals surface area contributed by atoms with E-state index in [1.807, 2.05) is 0 Å². The molecule has 3 heteroatoms. The molecule has 1 saturated heterocycles. The smallest absolute Gasteiger partial charge is 0.0367 e. The first-order chi connectivity index (χ1) is 8.79. The third kappa shape index (κ3) is 3.79. The molecule has 0 atom stereocenters. The van der Waals surface area contributed by atoms with E-state index in [4.69, 9.17) is 0 Å². The topological polar surface area (TPSA) is 6.48 Å². The number of anilines is 1. The Morgan fingerprint density at radius 2 is 1.78 bits per heavy atom. The lowest BCUT2D eigenvalue weighted by Gasteiger charge is -2.34. The van der Waals surface area contributed by atoms with Crippen molar-refractivity contribution in [1.29, 1.82) is 0 Å². The zero-order valence-corrected chi connectivity index (χ0v) is 11.9. The van der Waals surface area contributed by atoms with E-state index < -0.39 is 0 Å². The molecule has 0 N–H and O–H groups in total. The number of allylic oxidation sites excluding steroid dienone is 1. The Hall–Kier alpha value is -0.930. The average molecular weight is 262 g/mol. The van der Waals surface area contributed by atoms with Crippen molar-refractivity contribution < 1.29 is 0 Å². The van der Waals surface area contributed by atoms with Crippen molar-refractivity contribution in [2.45, 2.75) is 6.42 Å². The van der Waals surface area contributed by atoms with E-state index in [2.05, 4.69) is 65.9 Å². The first-order valence-corrected chi connectivity index (χ1v) is 7.24. The van der Waals surface area contributed by atoms with E-state index in [-0.39, 0.29) is 0 Å². The van der Waals surface area contributed by atoms with Crippen LogP contribution in [0, 0.1) is 0 Å². The van der Waals surface area contributed by atoms with Gasteiger partial charge < -0.3 is 9.80 Å². The molecule has 1 aliphatic rings. The molecule has 1 heterocycles. The van der Waals surface area contributed by atoms with Crippen LogP contribution in [0.4, 0.5) is 5.69 Å². The highest BCUT2D eigenvalue weighted by Gasteiger charge is 2.13. The lowest BCUT2D eigenvalue weighted by Crippen LogP contribution is -2.44. The maximum absolute atomic E-state index is 4.20. The third-order valence-corrected chi connectivity index (χ3v) is 3.63. The van der Waals surface area contributed by atoms with Gasteiger partial charge in [0.15, 0.2) is 0 Å². The summed E-state index contributed by atoms with van der Waals surface area (Å²) in [7, 11) is 2.19. The van der Waals surface area contributed by atoms with Crippen LogP contribution in [0.1, 0.15) is 12.0 Å². The maximum Gasteiger partial charge on any atom is 0.0367 e. The molecule has 1 aromatic rings. The van der Waals surface area contributed by atoms with Gasteiger partial charge in [-0.2, -0.15) is 12.6 Å². The lowest BCUT2D eigenvalue weighted by molar-refractivity contribution is 0.313. The van der Waals surface area contributed by atoms with E-state index in [1.165, 1.54) is 11.3 Å². The fourth-order valence-electron chi connectivity index (χ4n) is 2.15. The van der Waals surface area contributed by atoms with E-state index in [0.29, 0.717) is 0 Å². The summed E-state index contributed by atoms with van der Waals surface area (Å²) >= 11 is 4.20. The Morgan fingerprint density at radius 1 is 1.11 bits per heavy atom. The van der Waals surface area contributed by atoms with Crippen LogP contribution in [0.15, 0.2) is 30.3 Å². The molecule has 98 valence electrons. The molecule has 1 fully saturated rings. The Morgan fingerprint density at radius 3 is 2.39 bits per heavy atom. The predicted octanol–water partition coefficient (Wildman–Crippen LogP) is 2.77. The second kappa shape index (κ2) is 6.86. The van der Waals surface area contributed by atoms with Crippen molar-refractivity contribution in [3.05, 3.63) is 35.9 Å². The van der Waals surface area contributed by atoms with Crippen molar-refractivity contribution in [2.75, 3.05) is 43.9 Å². The Bertz CT molecular complexity index is 378. The monoisotopic (exact) mass is 262 g/mol. The second-order valence-corrected chi connectivity index (χ2v) is 5.24. The molecule has 0 aromatic heterocycles. The van der Waals surface area contributed by atoms with Gasteiger partial charge in [0.05, 0.1) is 0 Å². The van der Waals surface area contributed by atoms with Crippen LogP contribution in [0.25, 0.3) is 6.08 Å². The van der Waals surface area contributed by atoms with Gasteiger partial charge in [-0.25, -0.2) is 0 Å². The molecule has 0 saturated carbocycles. The van der Waals surface area contributed by atoms with Crippen LogP contribution in [0.2, 0.25) is 0 Å². The number of hydrogen-bond donors (Lipinski definition) is 1. The Labute approximate surface area is 116 Å². The molecule has 0 unspecified atom stereocenters. The summed E-state index contributed by atoms with van der Waals surface area (Å²) in [5.41, 5.74) is 2.61. The number of benzene rings is 1. The molecule has 0 bridgehead atoms. The van der Waals surface area contributed by atoms with Crippen LogP contribution in [0.5, 0.6) is 0 Å². The Balaban J connectivity index is 1.95. The zero-order valence-electron chi connectivity index (χ0n) is 11.0. The van der Waals surface area contributed by atoms with E-state index in [9.17, 15) is 0 Å². The fourth-order valence-corrected chi connectivity index (χ4v) is 2.30. The minimum atomic E-state index is 0.913. The highest BCUT2D eigenvalue weighted by Crippen LogP contribution is 2.17. The average Bonchev–Trinajstić information content (AvgIpc) is 2.41. The molecular formula is C15H22N2S. The summed E-state index contributed by atoms with van der Waals surface area (Å²) in [5, 5.41) is 0. The minimum Gasteiger partial charge on any atom is -0.369 e. The number of nitrogens with zero attached hydrogens (tertiary/aromatic N) is 2. The summed E-state index contributed by atoms with van der Waals surface area (Å²) < 4.78 is 0. The lowest BCUT2D eigenvalue weighted by atomic mass is 10.1. The van der Waals surface area contributed by atoms with Crippen LogP contribution < -0.4 is 4.90 Å². The summed E-state index contributed by atoms with van der Waals surface area (Å²) in [6.07, 6.45) is 5.38. The summed E-state index contributed by atoms with van der Waals surface area (Å²) in [4.78, 5) is 4.84. The molecule has 2 rings (SSSR count). The van der Waals surface area contributed by atoms with Crippen LogP contribution in [0.3, 0.4) is 0 Å². The highest BCUT2D eigenvalue weighted by atomic mass is 32.1. The van der Waals surface area contributed by atoms with Crippen molar-refractivity contribution in [2.24, 2.45) is 0 Å². The van der Waals surface area contributed by atoms with Gasteiger partial charge in [-0.15, -0.1) is 0 Å². The summed E-state index contributed by atoms with van der Waals surface area (Å²) in [6.45, 7) is 4.57. The Kier molecular flexibility index (Phi) is 5.14. The van der Waals surface area contributed by atoms with Crippen LogP contribution >= 0.6 is 12.6 Å². The number of thiol groups is 1. The standard InChI is InChI=1S/C15H22N2S/c1-16-9-11-17(12-10-16)15-7-5-14(6-8-15)4-2-3-13-18/h2,4-8,18H,3,9-13H2,1H3.